The molecule has 30 heavy (non-hydrogen) atoms. The standard InChI is InChI=1S/C26H23NO3/c1-30-27-23-13-7-12-22(18-8-3-2-4-9-18)26(23)25-20(16-17-24(28)29)15-14-19-10-5-6-11-21(19)25/h2-6,8-11,14-17H,7,12-13H2,1H3,(H,28,29)/b17-16?,27-23+. The second-order valence-corrected chi connectivity index (χ2v) is 7.22. The van der Waals surface area contributed by atoms with Crippen molar-refractivity contribution in [3.05, 3.63) is 89.5 Å². The van der Waals surface area contributed by atoms with Crippen molar-refractivity contribution in [2.75, 3.05) is 7.11 Å². The Kier molecular flexibility index (Phi) is 5.75. The highest BCUT2D eigenvalue weighted by molar-refractivity contribution is 6.34. The quantitative estimate of drug-likeness (QED) is 0.422. The Balaban J connectivity index is 2.10. The van der Waals surface area contributed by atoms with Crippen molar-refractivity contribution >= 4 is 39.7 Å². The first kappa shape index (κ1) is 19.6. The summed E-state index contributed by atoms with van der Waals surface area (Å²) >= 11 is 0. The third kappa shape index (κ3) is 3.90. The van der Waals surface area contributed by atoms with E-state index in [0.717, 1.165) is 58.0 Å². The Morgan fingerprint density at radius 2 is 1.77 bits per heavy atom. The van der Waals surface area contributed by atoms with Gasteiger partial charge in [0, 0.05) is 11.6 Å². The summed E-state index contributed by atoms with van der Waals surface area (Å²) in [7, 11) is 1.57. The number of oxime groups is 1. The number of allylic oxidation sites excluding steroid dienone is 2. The van der Waals surface area contributed by atoms with E-state index in [1.807, 2.05) is 42.5 Å². The van der Waals surface area contributed by atoms with E-state index in [-0.39, 0.29) is 0 Å². The fourth-order valence-corrected chi connectivity index (χ4v) is 4.15. The van der Waals surface area contributed by atoms with E-state index in [9.17, 15) is 9.90 Å². The van der Waals surface area contributed by atoms with Crippen LogP contribution in [0, 0.1) is 0 Å². The van der Waals surface area contributed by atoms with E-state index in [1.54, 1.807) is 13.2 Å². The highest BCUT2D eigenvalue weighted by Crippen LogP contribution is 2.41. The van der Waals surface area contributed by atoms with Crippen LogP contribution in [0.4, 0.5) is 0 Å². The average molecular weight is 397 g/mol. The molecule has 3 aromatic rings. The molecule has 0 spiro atoms. The predicted molar refractivity (Wildman–Crippen MR) is 122 cm³/mol. The molecular formula is C26H23NO3. The van der Waals surface area contributed by atoms with Crippen molar-refractivity contribution in [3.63, 3.8) is 0 Å². The smallest absolute Gasteiger partial charge is 0.328 e. The minimum Gasteiger partial charge on any atom is -0.478 e. The molecule has 4 rings (SSSR count). The molecule has 0 atom stereocenters. The summed E-state index contributed by atoms with van der Waals surface area (Å²) in [4.78, 5) is 16.4. The summed E-state index contributed by atoms with van der Waals surface area (Å²) in [5.41, 5.74) is 6.14. The van der Waals surface area contributed by atoms with E-state index < -0.39 is 5.97 Å². The summed E-state index contributed by atoms with van der Waals surface area (Å²) in [6, 6.07) is 22.5. The lowest BCUT2D eigenvalue weighted by Crippen LogP contribution is -2.13. The zero-order valence-electron chi connectivity index (χ0n) is 16.8. The van der Waals surface area contributed by atoms with Gasteiger partial charge in [-0.1, -0.05) is 71.9 Å². The minimum atomic E-state index is -0.971. The lowest BCUT2D eigenvalue weighted by Gasteiger charge is -2.25. The molecule has 0 saturated heterocycles. The Bertz CT molecular complexity index is 1170. The van der Waals surface area contributed by atoms with Gasteiger partial charge in [-0.3, -0.25) is 0 Å². The Labute approximate surface area is 175 Å². The minimum absolute atomic E-state index is 0.810. The SMILES string of the molecule is CO/N=C1\CCCC(c2ccccc2)=C1c1c(C=CC(=O)O)ccc2ccccc12. The maximum absolute atomic E-state index is 11.2. The maximum Gasteiger partial charge on any atom is 0.328 e. The number of carboxylic acid groups (broad SMARTS) is 1. The van der Waals surface area contributed by atoms with E-state index in [0.29, 0.717) is 0 Å². The van der Waals surface area contributed by atoms with E-state index in [4.69, 9.17) is 4.84 Å². The molecule has 150 valence electrons. The maximum atomic E-state index is 11.2. The summed E-state index contributed by atoms with van der Waals surface area (Å²) < 4.78 is 0. The van der Waals surface area contributed by atoms with E-state index in [2.05, 4.69) is 29.4 Å². The van der Waals surface area contributed by atoms with Gasteiger partial charge < -0.3 is 9.94 Å². The number of aliphatic carboxylic acids is 1. The van der Waals surface area contributed by atoms with Gasteiger partial charge in [0.1, 0.15) is 7.11 Å². The first-order chi connectivity index (χ1) is 14.7. The molecule has 1 N–H and O–H groups in total. The van der Waals surface area contributed by atoms with Crippen molar-refractivity contribution in [3.8, 4) is 0 Å². The summed E-state index contributed by atoms with van der Waals surface area (Å²) in [6.45, 7) is 0. The zero-order chi connectivity index (χ0) is 20.9. The number of carboxylic acids is 1. The summed E-state index contributed by atoms with van der Waals surface area (Å²) in [5.74, 6) is -0.971. The van der Waals surface area contributed by atoms with Gasteiger partial charge in [-0.25, -0.2) is 4.79 Å². The van der Waals surface area contributed by atoms with Crippen LogP contribution in [0.3, 0.4) is 0 Å². The Hall–Kier alpha value is -3.66. The first-order valence-corrected chi connectivity index (χ1v) is 10.0. The normalized spacial score (nSPS) is 15.8. The van der Waals surface area contributed by atoms with Gasteiger partial charge in [0.05, 0.1) is 5.71 Å². The van der Waals surface area contributed by atoms with Gasteiger partial charge in [-0.15, -0.1) is 0 Å². The molecule has 0 saturated carbocycles. The number of nitrogens with zero attached hydrogens (tertiary/aromatic N) is 1. The predicted octanol–water partition coefficient (Wildman–Crippen LogP) is 6.03. The lowest BCUT2D eigenvalue weighted by atomic mass is 9.79. The zero-order valence-corrected chi connectivity index (χ0v) is 16.8. The Morgan fingerprint density at radius 3 is 2.53 bits per heavy atom. The van der Waals surface area contributed by atoms with Crippen LogP contribution in [-0.4, -0.2) is 23.9 Å². The number of fused-ring (bicyclic) bond motifs is 1. The van der Waals surface area contributed by atoms with Crippen LogP contribution in [-0.2, 0) is 9.63 Å². The highest BCUT2D eigenvalue weighted by atomic mass is 16.6. The molecule has 1 aliphatic carbocycles. The molecule has 0 heterocycles. The third-order valence-corrected chi connectivity index (χ3v) is 5.37. The molecule has 0 bridgehead atoms. The van der Waals surface area contributed by atoms with Crippen molar-refractivity contribution < 1.29 is 14.7 Å². The number of benzene rings is 3. The van der Waals surface area contributed by atoms with Crippen LogP contribution in [0.2, 0.25) is 0 Å². The largest absolute Gasteiger partial charge is 0.478 e. The number of hydrogen-bond donors (Lipinski definition) is 1. The molecule has 0 aromatic heterocycles. The molecule has 0 amide bonds. The van der Waals surface area contributed by atoms with Crippen LogP contribution in [0.1, 0.15) is 36.0 Å². The molecule has 0 unspecified atom stereocenters. The number of carbonyl (C=O) groups is 1. The lowest BCUT2D eigenvalue weighted by molar-refractivity contribution is -0.131. The van der Waals surface area contributed by atoms with Gasteiger partial charge >= 0.3 is 5.97 Å². The summed E-state index contributed by atoms with van der Waals surface area (Å²) in [6.07, 6.45) is 5.57. The topological polar surface area (TPSA) is 58.9 Å². The van der Waals surface area contributed by atoms with Crippen molar-refractivity contribution in [1.29, 1.82) is 0 Å². The van der Waals surface area contributed by atoms with Gasteiger partial charge in [0.15, 0.2) is 0 Å². The first-order valence-electron chi connectivity index (χ1n) is 10.0. The van der Waals surface area contributed by atoms with Gasteiger partial charge in [-0.05, 0) is 58.4 Å². The average Bonchev–Trinajstić information content (AvgIpc) is 2.78. The second-order valence-electron chi connectivity index (χ2n) is 7.22. The summed E-state index contributed by atoms with van der Waals surface area (Å²) in [5, 5.41) is 15.8. The van der Waals surface area contributed by atoms with Gasteiger partial charge in [0.25, 0.3) is 0 Å². The molecule has 0 fully saturated rings. The highest BCUT2D eigenvalue weighted by Gasteiger charge is 2.25. The van der Waals surface area contributed by atoms with Crippen molar-refractivity contribution in [1.82, 2.24) is 0 Å². The van der Waals surface area contributed by atoms with Crippen LogP contribution in [0.15, 0.2) is 78.0 Å². The van der Waals surface area contributed by atoms with Crippen LogP contribution < -0.4 is 0 Å². The fourth-order valence-electron chi connectivity index (χ4n) is 4.15. The molecule has 0 aliphatic heterocycles. The van der Waals surface area contributed by atoms with Gasteiger partial charge in [0.2, 0.25) is 0 Å². The third-order valence-electron chi connectivity index (χ3n) is 5.37. The molecule has 4 heteroatoms. The van der Waals surface area contributed by atoms with Crippen LogP contribution in [0.25, 0.3) is 28.0 Å². The van der Waals surface area contributed by atoms with E-state index >= 15 is 0 Å². The fraction of sp³-hybridized carbons (Fsp3) is 0.154. The molecule has 3 aromatic carbocycles. The monoisotopic (exact) mass is 397 g/mol. The molecule has 4 nitrogen and oxygen atoms in total. The van der Waals surface area contributed by atoms with Crippen LogP contribution in [0.5, 0.6) is 0 Å². The second kappa shape index (κ2) is 8.78. The Morgan fingerprint density at radius 1 is 1.00 bits per heavy atom. The van der Waals surface area contributed by atoms with Crippen molar-refractivity contribution in [2.45, 2.75) is 19.3 Å². The van der Waals surface area contributed by atoms with Gasteiger partial charge in [-0.2, -0.15) is 0 Å². The number of hydrogen-bond acceptors (Lipinski definition) is 3. The molecule has 0 radical (unpaired) electrons. The van der Waals surface area contributed by atoms with Crippen LogP contribution >= 0.6 is 0 Å². The van der Waals surface area contributed by atoms with Crippen molar-refractivity contribution in [2.24, 2.45) is 5.16 Å². The number of rotatable bonds is 5. The molecule has 1 aliphatic rings. The van der Waals surface area contributed by atoms with E-state index in [1.165, 1.54) is 11.6 Å². The molecular weight excluding hydrogens is 374 g/mol.